The highest BCUT2D eigenvalue weighted by molar-refractivity contribution is 5.71. The van der Waals surface area contributed by atoms with E-state index in [2.05, 4.69) is 6.08 Å². The molecule has 7 nitrogen and oxygen atoms in total. The monoisotopic (exact) mass is 345 g/mol. The third-order valence-corrected chi connectivity index (χ3v) is 5.14. The fraction of sp³-hybridized carbons (Fsp3) is 0.611. The van der Waals surface area contributed by atoms with Gasteiger partial charge in [-0.25, -0.2) is 9.78 Å². The Hall–Kier alpha value is -2.15. The van der Waals surface area contributed by atoms with Crippen LogP contribution in [0.2, 0.25) is 0 Å². The molecule has 2 aromatic rings. The van der Waals surface area contributed by atoms with E-state index in [1.807, 2.05) is 18.4 Å². The molecule has 0 saturated heterocycles. The van der Waals surface area contributed by atoms with Gasteiger partial charge in [0.15, 0.2) is 11.2 Å². The summed E-state index contributed by atoms with van der Waals surface area (Å²) in [5.74, 6) is 1.10. The molecule has 0 aromatic carbocycles. The van der Waals surface area contributed by atoms with Crippen LogP contribution in [-0.4, -0.2) is 24.7 Å². The van der Waals surface area contributed by atoms with Gasteiger partial charge in [-0.1, -0.05) is 18.1 Å². The minimum Gasteiger partial charge on any atom is -0.328 e. The number of hydrogen-bond donors (Lipinski definition) is 1. The number of nitrogens with two attached hydrogens (primary N) is 1. The molecule has 25 heavy (non-hydrogen) atoms. The van der Waals surface area contributed by atoms with E-state index in [1.54, 1.807) is 7.05 Å². The van der Waals surface area contributed by atoms with Gasteiger partial charge in [0.1, 0.15) is 5.82 Å². The van der Waals surface area contributed by atoms with E-state index in [4.69, 9.17) is 10.7 Å². The van der Waals surface area contributed by atoms with E-state index in [9.17, 15) is 9.59 Å². The van der Waals surface area contributed by atoms with Crippen molar-refractivity contribution in [2.75, 3.05) is 0 Å². The summed E-state index contributed by atoms with van der Waals surface area (Å²) in [4.78, 5) is 29.8. The van der Waals surface area contributed by atoms with Crippen LogP contribution >= 0.6 is 0 Å². The highest BCUT2D eigenvalue weighted by Gasteiger charge is 2.27. The standard InChI is InChI=1S/C18H27N5O2/c1-11(2)8-9-23-14-16(21(3)18(25)22(4)17(14)24)20-15(23)12-6-5-7-13(19)10-12/h8,12-13H,5-7,9-10,19H2,1-4H3/t12-,13+/m1/s1. The predicted octanol–water partition coefficient (Wildman–Crippen LogP) is 1.38. The van der Waals surface area contributed by atoms with Gasteiger partial charge in [-0.15, -0.1) is 0 Å². The topological polar surface area (TPSA) is 87.8 Å². The molecule has 0 spiro atoms. The molecule has 0 unspecified atom stereocenters. The molecule has 0 radical (unpaired) electrons. The quantitative estimate of drug-likeness (QED) is 0.852. The van der Waals surface area contributed by atoms with E-state index < -0.39 is 0 Å². The molecule has 2 heterocycles. The molecule has 3 rings (SSSR count). The van der Waals surface area contributed by atoms with E-state index in [-0.39, 0.29) is 23.2 Å². The van der Waals surface area contributed by atoms with Gasteiger partial charge in [-0.3, -0.25) is 13.9 Å². The van der Waals surface area contributed by atoms with E-state index >= 15 is 0 Å². The van der Waals surface area contributed by atoms with Crippen molar-refractivity contribution in [1.29, 1.82) is 0 Å². The van der Waals surface area contributed by atoms with Crippen LogP contribution in [0.25, 0.3) is 11.2 Å². The number of nitrogens with zero attached hydrogens (tertiary/aromatic N) is 4. The molecule has 1 saturated carbocycles. The Morgan fingerprint density at radius 3 is 2.60 bits per heavy atom. The summed E-state index contributed by atoms with van der Waals surface area (Å²) >= 11 is 0. The van der Waals surface area contributed by atoms with Crippen LogP contribution in [0.15, 0.2) is 21.2 Å². The van der Waals surface area contributed by atoms with Crippen molar-refractivity contribution in [2.45, 2.75) is 58.0 Å². The molecule has 2 atom stereocenters. The molecule has 2 aromatic heterocycles. The maximum atomic E-state index is 12.8. The highest BCUT2D eigenvalue weighted by Crippen LogP contribution is 2.32. The number of aromatic nitrogens is 4. The van der Waals surface area contributed by atoms with Crippen LogP contribution in [0, 0.1) is 0 Å². The Balaban J connectivity index is 2.28. The number of imidazole rings is 1. The Bertz CT molecular complexity index is 943. The Kier molecular flexibility index (Phi) is 4.69. The molecule has 7 heteroatoms. The Labute approximate surface area is 146 Å². The van der Waals surface area contributed by atoms with Gasteiger partial charge in [-0.2, -0.15) is 0 Å². The second-order valence-electron chi connectivity index (χ2n) is 7.36. The molecule has 0 bridgehead atoms. The van der Waals surface area contributed by atoms with Crippen molar-refractivity contribution >= 4 is 11.2 Å². The van der Waals surface area contributed by atoms with Crippen molar-refractivity contribution in [3.8, 4) is 0 Å². The number of aryl methyl sites for hydroxylation is 1. The first kappa shape index (κ1) is 17.7. The smallest absolute Gasteiger partial charge is 0.328 e. The zero-order valence-corrected chi connectivity index (χ0v) is 15.5. The molecule has 0 aliphatic heterocycles. The van der Waals surface area contributed by atoms with Crippen LogP contribution in [-0.2, 0) is 20.6 Å². The maximum absolute atomic E-state index is 12.8. The van der Waals surface area contributed by atoms with E-state index in [0.717, 1.165) is 36.1 Å². The lowest BCUT2D eigenvalue weighted by Gasteiger charge is -2.26. The summed E-state index contributed by atoms with van der Waals surface area (Å²) < 4.78 is 4.59. The Morgan fingerprint density at radius 1 is 1.24 bits per heavy atom. The van der Waals surface area contributed by atoms with Gasteiger partial charge < -0.3 is 10.3 Å². The molecule has 0 amide bonds. The van der Waals surface area contributed by atoms with Crippen molar-refractivity contribution in [3.63, 3.8) is 0 Å². The summed E-state index contributed by atoms with van der Waals surface area (Å²) in [5, 5.41) is 0. The second-order valence-corrected chi connectivity index (χ2v) is 7.36. The maximum Gasteiger partial charge on any atom is 0.332 e. The third kappa shape index (κ3) is 3.08. The highest BCUT2D eigenvalue weighted by atomic mass is 16.2. The summed E-state index contributed by atoms with van der Waals surface area (Å²) in [7, 11) is 3.18. The van der Waals surface area contributed by atoms with Crippen molar-refractivity contribution in [2.24, 2.45) is 19.8 Å². The lowest BCUT2D eigenvalue weighted by Crippen LogP contribution is -2.37. The number of hydrogen-bond acceptors (Lipinski definition) is 4. The zero-order valence-electron chi connectivity index (χ0n) is 15.5. The van der Waals surface area contributed by atoms with Crippen LogP contribution in [0.5, 0.6) is 0 Å². The largest absolute Gasteiger partial charge is 0.332 e. The van der Waals surface area contributed by atoms with Crippen LogP contribution in [0.4, 0.5) is 0 Å². The van der Waals surface area contributed by atoms with E-state index in [0.29, 0.717) is 17.7 Å². The summed E-state index contributed by atoms with van der Waals surface area (Å²) in [6.45, 7) is 4.64. The fourth-order valence-corrected chi connectivity index (χ4v) is 3.70. The van der Waals surface area contributed by atoms with Gasteiger partial charge in [-0.05, 0) is 33.1 Å². The predicted molar refractivity (Wildman–Crippen MR) is 98.8 cm³/mol. The number of allylic oxidation sites excluding steroid dienone is 2. The van der Waals surface area contributed by atoms with Crippen LogP contribution in [0.1, 0.15) is 51.3 Å². The molecular formula is C18H27N5O2. The van der Waals surface area contributed by atoms with Gasteiger partial charge in [0.2, 0.25) is 0 Å². The lowest BCUT2D eigenvalue weighted by atomic mass is 9.85. The molecule has 1 aliphatic carbocycles. The first-order valence-corrected chi connectivity index (χ1v) is 8.86. The molecule has 136 valence electrons. The first-order valence-electron chi connectivity index (χ1n) is 8.86. The average Bonchev–Trinajstić information content (AvgIpc) is 2.96. The second kappa shape index (κ2) is 6.63. The molecule has 2 N–H and O–H groups in total. The summed E-state index contributed by atoms with van der Waals surface area (Å²) in [6, 6.07) is 0.169. The SMILES string of the molecule is CC(C)=CCn1c([C@@H]2CCC[C@H](N)C2)nc2c1c(=O)n(C)c(=O)n2C. The number of rotatable bonds is 3. The van der Waals surface area contributed by atoms with Gasteiger partial charge in [0, 0.05) is 32.6 Å². The fourth-order valence-electron chi connectivity index (χ4n) is 3.70. The first-order chi connectivity index (χ1) is 11.8. The normalized spacial score (nSPS) is 20.8. The summed E-state index contributed by atoms with van der Waals surface area (Å²) in [5.41, 5.74) is 7.66. The Morgan fingerprint density at radius 2 is 1.96 bits per heavy atom. The lowest BCUT2D eigenvalue weighted by molar-refractivity contribution is 0.376. The molecule has 1 aliphatic rings. The molecular weight excluding hydrogens is 318 g/mol. The van der Waals surface area contributed by atoms with Crippen LogP contribution < -0.4 is 17.0 Å². The zero-order chi connectivity index (χ0) is 18.3. The summed E-state index contributed by atoms with van der Waals surface area (Å²) in [6.07, 6.45) is 6.06. The van der Waals surface area contributed by atoms with Gasteiger partial charge in [0.05, 0.1) is 0 Å². The van der Waals surface area contributed by atoms with Crippen molar-refractivity contribution < 1.29 is 0 Å². The van der Waals surface area contributed by atoms with Gasteiger partial charge in [0.25, 0.3) is 5.56 Å². The van der Waals surface area contributed by atoms with E-state index in [1.165, 1.54) is 17.2 Å². The van der Waals surface area contributed by atoms with Gasteiger partial charge >= 0.3 is 5.69 Å². The number of fused-ring (bicyclic) bond motifs is 1. The van der Waals surface area contributed by atoms with Crippen LogP contribution in [0.3, 0.4) is 0 Å². The van der Waals surface area contributed by atoms with Crippen molar-refractivity contribution in [3.05, 3.63) is 38.3 Å². The van der Waals surface area contributed by atoms with Crippen molar-refractivity contribution in [1.82, 2.24) is 18.7 Å². The molecule has 1 fully saturated rings. The minimum atomic E-state index is -0.351. The third-order valence-electron chi connectivity index (χ3n) is 5.14. The minimum absolute atomic E-state index is 0.169. The average molecular weight is 345 g/mol.